The molecule has 0 radical (unpaired) electrons. The Kier molecular flexibility index (Phi) is 3.16. The van der Waals surface area contributed by atoms with Gasteiger partial charge in [-0.05, 0) is 25.1 Å². The number of nitrogens with one attached hydrogen (secondary N) is 2. The molecule has 1 saturated heterocycles. The van der Waals surface area contributed by atoms with Crippen molar-refractivity contribution in [2.75, 3.05) is 18.4 Å². The predicted molar refractivity (Wildman–Crippen MR) is 61.4 cm³/mol. The Morgan fingerprint density at radius 1 is 1.36 bits per heavy atom. The van der Waals surface area contributed by atoms with Crippen LogP contribution < -0.4 is 10.6 Å². The Morgan fingerprint density at radius 2 is 2.21 bits per heavy atom. The smallest absolute Gasteiger partial charge is 0.0823 e. The van der Waals surface area contributed by atoms with Crippen molar-refractivity contribution in [2.24, 2.45) is 0 Å². The van der Waals surface area contributed by atoms with Gasteiger partial charge in [0.1, 0.15) is 0 Å². The lowest BCUT2D eigenvalue weighted by Crippen LogP contribution is -2.22. The van der Waals surface area contributed by atoms with Crippen LogP contribution in [-0.4, -0.2) is 19.1 Å². The largest absolute Gasteiger partial charge is 0.380 e. The predicted octanol–water partition coefficient (Wildman–Crippen LogP) is 2.77. The molecule has 1 aliphatic heterocycles. The number of benzene rings is 1. The van der Waals surface area contributed by atoms with Crippen molar-refractivity contribution in [3.63, 3.8) is 0 Å². The Balaban J connectivity index is 2.11. The first-order valence-electron chi connectivity index (χ1n) is 4.68. The third kappa shape index (κ3) is 2.14. The van der Waals surface area contributed by atoms with E-state index in [4.69, 9.17) is 23.2 Å². The first-order valence-corrected chi connectivity index (χ1v) is 5.44. The molecular formula is C10H12Cl2N2. The van der Waals surface area contributed by atoms with Crippen LogP contribution in [0.15, 0.2) is 18.2 Å². The zero-order valence-corrected chi connectivity index (χ0v) is 9.20. The maximum atomic E-state index is 6.06. The fourth-order valence-corrected chi connectivity index (χ4v) is 1.97. The molecule has 0 aromatic heterocycles. The third-order valence-corrected chi connectivity index (χ3v) is 3.19. The Labute approximate surface area is 93.6 Å². The Hall–Kier alpha value is -0.440. The van der Waals surface area contributed by atoms with Crippen LogP contribution in [0.5, 0.6) is 0 Å². The molecule has 1 aromatic rings. The maximum absolute atomic E-state index is 6.06. The second kappa shape index (κ2) is 4.39. The summed E-state index contributed by atoms with van der Waals surface area (Å²) in [6.45, 7) is 2.05. The van der Waals surface area contributed by atoms with E-state index in [1.54, 1.807) is 6.07 Å². The standard InChI is InChI=1S/C10H12Cl2N2/c11-8-2-1-3-9(10(8)12)14-7-4-5-13-6-7/h1-3,7,13-14H,4-6H2. The average molecular weight is 231 g/mol. The molecule has 2 nitrogen and oxygen atoms in total. The summed E-state index contributed by atoms with van der Waals surface area (Å²) in [7, 11) is 0. The molecule has 1 aliphatic rings. The van der Waals surface area contributed by atoms with E-state index in [2.05, 4.69) is 10.6 Å². The number of halogens is 2. The molecule has 2 rings (SSSR count). The molecule has 4 heteroatoms. The van der Waals surface area contributed by atoms with E-state index in [9.17, 15) is 0 Å². The molecule has 0 saturated carbocycles. The summed E-state index contributed by atoms with van der Waals surface area (Å²) in [6.07, 6.45) is 1.13. The summed E-state index contributed by atoms with van der Waals surface area (Å²) in [4.78, 5) is 0. The van der Waals surface area contributed by atoms with Gasteiger partial charge < -0.3 is 10.6 Å². The van der Waals surface area contributed by atoms with Crippen LogP contribution in [0.4, 0.5) is 5.69 Å². The lowest BCUT2D eigenvalue weighted by atomic mass is 10.2. The van der Waals surface area contributed by atoms with E-state index in [-0.39, 0.29) is 0 Å². The molecule has 1 heterocycles. The second-order valence-corrected chi connectivity index (χ2v) is 4.22. The number of rotatable bonds is 2. The lowest BCUT2D eigenvalue weighted by molar-refractivity contribution is 0.793. The number of anilines is 1. The molecule has 1 fully saturated rings. The van der Waals surface area contributed by atoms with Gasteiger partial charge in [-0.2, -0.15) is 0 Å². The minimum Gasteiger partial charge on any atom is -0.380 e. The van der Waals surface area contributed by atoms with Crippen LogP contribution >= 0.6 is 23.2 Å². The van der Waals surface area contributed by atoms with Crippen molar-refractivity contribution < 1.29 is 0 Å². The van der Waals surface area contributed by atoms with Gasteiger partial charge in [-0.15, -0.1) is 0 Å². The summed E-state index contributed by atoms with van der Waals surface area (Å²) >= 11 is 12.0. The molecule has 0 amide bonds. The van der Waals surface area contributed by atoms with Gasteiger partial charge in [0.2, 0.25) is 0 Å². The second-order valence-electron chi connectivity index (χ2n) is 3.44. The van der Waals surface area contributed by atoms with Gasteiger partial charge >= 0.3 is 0 Å². The van der Waals surface area contributed by atoms with Gasteiger partial charge in [0.05, 0.1) is 15.7 Å². The van der Waals surface area contributed by atoms with Crippen molar-refractivity contribution in [1.29, 1.82) is 0 Å². The fourth-order valence-electron chi connectivity index (χ4n) is 1.61. The normalized spacial score (nSPS) is 21.1. The van der Waals surface area contributed by atoms with Crippen LogP contribution in [0.1, 0.15) is 6.42 Å². The molecular weight excluding hydrogens is 219 g/mol. The fraction of sp³-hybridized carbons (Fsp3) is 0.400. The molecule has 14 heavy (non-hydrogen) atoms. The van der Waals surface area contributed by atoms with Crippen LogP contribution in [0, 0.1) is 0 Å². The van der Waals surface area contributed by atoms with Gasteiger partial charge in [-0.25, -0.2) is 0 Å². The Bertz CT molecular complexity index is 322. The van der Waals surface area contributed by atoms with E-state index in [0.717, 1.165) is 25.2 Å². The van der Waals surface area contributed by atoms with Crippen LogP contribution in [0.25, 0.3) is 0 Å². The minimum absolute atomic E-state index is 0.464. The summed E-state index contributed by atoms with van der Waals surface area (Å²) in [6, 6.07) is 6.11. The highest BCUT2D eigenvalue weighted by Crippen LogP contribution is 2.30. The molecule has 1 aromatic carbocycles. The van der Waals surface area contributed by atoms with Crippen molar-refractivity contribution in [3.05, 3.63) is 28.2 Å². The lowest BCUT2D eigenvalue weighted by Gasteiger charge is -2.14. The van der Waals surface area contributed by atoms with Gasteiger partial charge in [-0.3, -0.25) is 0 Å². The maximum Gasteiger partial charge on any atom is 0.0823 e. The van der Waals surface area contributed by atoms with Crippen LogP contribution in [0.3, 0.4) is 0 Å². The van der Waals surface area contributed by atoms with E-state index < -0.39 is 0 Å². The Morgan fingerprint density at radius 3 is 2.93 bits per heavy atom. The summed E-state index contributed by atoms with van der Waals surface area (Å²) in [5, 5.41) is 7.87. The molecule has 0 bridgehead atoms. The van der Waals surface area contributed by atoms with E-state index in [0.29, 0.717) is 16.1 Å². The van der Waals surface area contributed by atoms with Gasteiger partial charge in [0, 0.05) is 12.6 Å². The highest BCUT2D eigenvalue weighted by molar-refractivity contribution is 6.43. The number of hydrogen-bond acceptors (Lipinski definition) is 2. The zero-order chi connectivity index (χ0) is 9.97. The van der Waals surface area contributed by atoms with E-state index in [1.165, 1.54) is 0 Å². The molecule has 0 aliphatic carbocycles. The van der Waals surface area contributed by atoms with Crippen molar-refractivity contribution in [3.8, 4) is 0 Å². The van der Waals surface area contributed by atoms with Gasteiger partial charge in [0.25, 0.3) is 0 Å². The molecule has 2 N–H and O–H groups in total. The van der Waals surface area contributed by atoms with Crippen molar-refractivity contribution >= 4 is 28.9 Å². The monoisotopic (exact) mass is 230 g/mol. The molecule has 76 valence electrons. The summed E-state index contributed by atoms with van der Waals surface area (Å²) < 4.78 is 0. The first kappa shape index (κ1) is 10.1. The third-order valence-electron chi connectivity index (χ3n) is 2.37. The highest BCUT2D eigenvalue weighted by Gasteiger charge is 2.15. The van der Waals surface area contributed by atoms with E-state index >= 15 is 0 Å². The average Bonchev–Trinajstić information content (AvgIpc) is 2.66. The van der Waals surface area contributed by atoms with Gasteiger partial charge in [0.15, 0.2) is 0 Å². The summed E-state index contributed by atoms with van der Waals surface area (Å²) in [5.41, 5.74) is 0.924. The van der Waals surface area contributed by atoms with Crippen molar-refractivity contribution in [2.45, 2.75) is 12.5 Å². The molecule has 1 unspecified atom stereocenters. The molecule has 1 atom stereocenters. The zero-order valence-electron chi connectivity index (χ0n) is 7.69. The SMILES string of the molecule is Clc1cccc(NC2CCNC2)c1Cl. The first-order chi connectivity index (χ1) is 6.77. The number of hydrogen-bond donors (Lipinski definition) is 2. The highest BCUT2D eigenvalue weighted by atomic mass is 35.5. The summed E-state index contributed by atoms with van der Waals surface area (Å²) in [5.74, 6) is 0. The van der Waals surface area contributed by atoms with Crippen molar-refractivity contribution in [1.82, 2.24) is 5.32 Å². The van der Waals surface area contributed by atoms with E-state index in [1.807, 2.05) is 12.1 Å². The van der Waals surface area contributed by atoms with Gasteiger partial charge in [-0.1, -0.05) is 29.3 Å². The minimum atomic E-state index is 0.464. The molecule has 0 spiro atoms. The van der Waals surface area contributed by atoms with Crippen LogP contribution in [-0.2, 0) is 0 Å². The topological polar surface area (TPSA) is 24.1 Å². The van der Waals surface area contributed by atoms with Crippen LogP contribution in [0.2, 0.25) is 10.0 Å². The quantitative estimate of drug-likeness (QED) is 0.817.